The average molecular weight is 312 g/mol. The highest BCUT2D eigenvalue weighted by Crippen LogP contribution is 2.24. The first-order valence-electron chi connectivity index (χ1n) is 3.81. The first kappa shape index (κ1) is 11.0. The van der Waals surface area contributed by atoms with Crippen LogP contribution in [-0.4, -0.2) is 13.3 Å². The summed E-state index contributed by atoms with van der Waals surface area (Å²) in [6.07, 6.45) is 0. The molecule has 0 fully saturated rings. The van der Waals surface area contributed by atoms with E-state index in [1.165, 1.54) is 0 Å². The number of ether oxygens (including phenoxy) is 1. The van der Waals surface area contributed by atoms with Crippen LogP contribution in [0, 0.1) is 0 Å². The van der Waals surface area contributed by atoms with E-state index in [4.69, 9.17) is 4.74 Å². The highest BCUT2D eigenvalue weighted by molar-refractivity contribution is 9.10. The van der Waals surface area contributed by atoms with Gasteiger partial charge in [0.25, 0.3) is 0 Å². The molecule has 0 aromatic heterocycles. The van der Waals surface area contributed by atoms with Crippen molar-refractivity contribution in [2.24, 2.45) is 0 Å². The lowest BCUT2D eigenvalue weighted by atomic mass is 10.2. The standard InChI is InChI=1S/C9H9Br2FO/c10-6-7-1-2-8(5-9(7)11)13-4-3-12/h1-2,5H,3-4,6H2. The molecule has 0 radical (unpaired) electrons. The number of hydrogen-bond donors (Lipinski definition) is 0. The lowest BCUT2D eigenvalue weighted by Gasteiger charge is -2.05. The van der Waals surface area contributed by atoms with Crippen LogP contribution >= 0.6 is 31.9 Å². The zero-order valence-electron chi connectivity index (χ0n) is 6.90. The summed E-state index contributed by atoms with van der Waals surface area (Å²) in [5.74, 6) is 0.689. The maximum Gasteiger partial charge on any atom is 0.123 e. The molecule has 0 aliphatic carbocycles. The molecule has 1 rings (SSSR count). The Morgan fingerprint density at radius 2 is 2.15 bits per heavy atom. The third kappa shape index (κ3) is 3.27. The van der Waals surface area contributed by atoms with Crippen molar-refractivity contribution in [3.63, 3.8) is 0 Å². The molecule has 13 heavy (non-hydrogen) atoms. The van der Waals surface area contributed by atoms with Crippen molar-refractivity contribution in [2.75, 3.05) is 13.3 Å². The molecule has 0 unspecified atom stereocenters. The minimum Gasteiger partial charge on any atom is -0.491 e. The van der Waals surface area contributed by atoms with E-state index in [1.807, 2.05) is 18.2 Å². The summed E-state index contributed by atoms with van der Waals surface area (Å²) in [7, 11) is 0. The Bertz CT molecular complexity index is 278. The van der Waals surface area contributed by atoms with Crippen LogP contribution in [0.3, 0.4) is 0 Å². The predicted octanol–water partition coefficient (Wildman–Crippen LogP) is 3.69. The molecule has 0 spiro atoms. The number of halogens is 3. The summed E-state index contributed by atoms with van der Waals surface area (Å²) < 4.78 is 17.9. The van der Waals surface area contributed by atoms with E-state index in [2.05, 4.69) is 31.9 Å². The minimum atomic E-state index is -0.461. The molecule has 4 heteroatoms. The number of hydrogen-bond acceptors (Lipinski definition) is 1. The normalized spacial score (nSPS) is 10.1. The second-order valence-corrected chi connectivity index (χ2v) is 3.84. The molecule has 0 amide bonds. The molecule has 0 N–H and O–H groups in total. The molecule has 0 aliphatic heterocycles. The summed E-state index contributed by atoms with van der Waals surface area (Å²) in [5, 5.41) is 0.789. The second-order valence-electron chi connectivity index (χ2n) is 2.42. The van der Waals surface area contributed by atoms with Crippen LogP contribution < -0.4 is 4.74 Å². The van der Waals surface area contributed by atoms with E-state index in [9.17, 15) is 4.39 Å². The van der Waals surface area contributed by atoms with Crippen LogP contribution in [0.2, 0.25) is 0 Å². The van der Waals surface area contributed by atoms with Crippen LogP contribution in [-0.2, 0) is 5.33 Å². The smallest absolute Gasteiger partial charge is 0.123 e. The maximum atomic E-state index is 11.8. The van der Waals surface area contributed by atoms with E-state index in [0.717, 1.165) is 15.4 Å². The van der Waals surface area contributed by atoms with Gasteiger partial charge >= 0.3 is 0 Å². The first-order valence-corrected chi connectivity index (χ1v) is 5.72. The van der Waals surface area contributed by atoms with E-state index < -0.39 is 6.67 Å². The summed E-state index contributed by atoms with van der Waals surface area (Å²) >= 11 is 6.75. The van der Waals surface area contributed by atoms with E-state index in [0.29, 0.717) is 5.75 Å². The Morgan fingerprint density at radius 1 is 1.38 bits per heavy atom. The van der Waals surface area contributed by atoms with Crippen molar-refractivity contribution < 1.29 is 9.13 Å². The molecule has 72 valence electrons. The molecule has 1 nitrogen and oxygen atoms in total. The fraction of sp³-hybridized carbons (Fsp3) is 0.333. The van der Waals surface area contributed by atoms with Gasteiger partial charge in [0.1, 0.15) is 19.0 Å². The minimum absolute atomic E-state index is 0.111. The van der Waals surface area contributed by atoms with E-state index >= 15 is 0 Å². The van der Waals surface area contributed by atoms with Gasteiger partial charge in [-0.05, 0) is 17.7 Å². The summed E-state index contributed by atoms with van der Waals surface area (Å²) in [4.78, 5) is 0. The molecule has 0 saturated carbocycles. The largest absolute Gasteiger partial charge is 0.491 e. The highest BCUT2D eigenvalue weighted by Gasteiger charge is 2.00. The van der Waals surface area contributed by atoms with Crippen molar-refractivity contribution in [3.05, 3.63) is 28.2 Å². The number of rotatable bonds is 4. The molecule has 0 saturated heterocycles. The van der Waals surface area contributed by atoms with Gasteiger partial charge in [0, 0.05) is 9.80 Å². The molecule has 1 aromatic carbocycles. The predicted molar refractivity (Wildman–Crippen MR) is 58.2 cm³/mol. The van der Waals surface area contributed by atoms with Gasteiger partial charge < -0.3 is 4.74 Å². The van der Waals surface area contributed by atoms with Crippen LogP contribution in [0.4, 0.5) is 4.39 Å². The number of alkyl halides is 2. The van der Waals surface area contributed by atoms with Crippen LogP contribution in [0.15, 0.2) is 22.7 Å². The van der Waals surface area contributed by atoms with Gasteiger partial charge in [0.15, 0.2) is 0 Å². The van der Waals surface area contributed by atoms with E-state index in [1.54, 1.807) is 0 Å². The van der Waals surface area contributed by atoms with Crippen molar-refractivity contribution >= 4 is 31.9 Å². The zero-order chi connectivity index (χ0) is 9.68. The van der Waals surface area contributed by atoms with Gasteiger partial charge in [-0.1, -0.05) is 37.9 Å². The SMILES string of the molecule is FCCOc1ccc(CBr)c(Br)c1. The molecule has 0 atom stereocenters. The van der Waals surface area contributed by atoms with Gasteiger partial charge in [-0.25, -0.2) is 4.39 Å². The number of benzene rings is 1. The van der Waals surface area contributed by atoms with Gasteiger partial charge in [-0.2, -0.15) is 0 Å². The molecule has 0 bridgehead atoms. The Balaban J connectivity index is 2.71. The van der Waals surface area contributed by atoms with Gasteiger partial charge in [-0.3, -0.25) is 0 Å². The third-order valence-corrected chi connectivity index (χ3v) is 2.86. The average Bonchev–Trinajstić information content (AvgIpc) is 2.15. The topological polar surface area (TPSA) is 9.23 Å². The molecular formula is C9H9Br2FO. The van der Waals surface area contributed by atoms with Gasteiger partial charge in [-0.15, -0.1) is 0 Å². The van der Waals surface area contributed by atoms with Crippen molar-refractivity contribution in [1.29, 1.82) is 0 Å². The molecular weight excluding hydrogens is 303 g/mol. The summed E-state index contributed by atoms with van der Waals surface area (Å²) in [5.41, 5.74) is 1.15. The summed E-state index contributed by atoms with van der Waals surface area (Å²) in [6.45, 7) is -0.349. The highest BCUT2D eigenvalue weighted by atomic mass is 79.9. The second kappa shape index (κ2) is 5.60. The van der Waals surface area contributed by atoms with Crippen molar-refractivity contribution in [1.82, 2.24) is 0 Å². The molecule has 0 aliphatic rings. The monoisotopic (exact) mass is 310 g/mol. The van der Waals surface area contributed by atoms with Crippen molar-refractivity contribution in [3.8, 4) is 5.75 Å². The fourth-order valence-corrected chi connectivity index (χ4v) is 2.25. The lowest BCUT2D eigenvalue weighted by Crippen LogP contribution is -1.98. The summed E-state index contributed by atoms with van der Waals surface area (Å²) in [6, 6.07) is 5.61. The Hall–Kier alpha value is -0.0900. The van der Waals surface area contributed by atoms with Gasteiger partial charge in [0.2, 0.25) is 0 Å². The first-order chi connectivity index (χ1) is 6.27. The quantitative estimate of drug-likeness (QED) is 0.771. The fourth-order valence-electron chi connectivity index (χ4n) is 0.883. The van der Waals surface area contributed by atoms with E-state index in [-0.39, 0.29) is 6.61 Å². The van der Waals surface area contributed by atoms with Crippen LogP contribution in [0.1, 0.15) is 5.56 Å². The molecule has 1 aromatic rings. The Morgan fingerprint density at radius 3 is 2.69 bits per heavy atom. The Labute approximate surface area is 93.5 Å². The lowest BCUT2D eigenvalue weighted by molar-refractivity contribution is 0.273. The van der Waals surface area contributed by atoms with Crippen molar-refractivity contribution in [2.45, 2.75) is 5.33 Å². The van der Waals surface area contributed by atoms with Crippen LogP contribution in [0.5, 0.6) is 5.75 Å². The third-order valence-electron chi connectivity index (χ3n) is 1.51. The van der Waals surface area contributed by atoms with Gasteiger partial charge in [0.05, 0.1) is 0 Å². The Kier molecular flexibility index (Phi) is 4.73. The zero-order valence-corrected chi connectivity index (χ0v) is 10.1. The van der Waals surface area contributed by atoms with Crippen LogP contribution in [0.25, 0.3) is 0 Å². The maximum absolute atomic E-state index is 11.8. The molecule has 0 heterocycles.